The van der Waals surface area contributed by atoms with Gasteiger partial charge in [0.15, 0.2) is 0 Å². The standard InChI is InChI=1S/C19H24N2O6S/c1-6-20-28(24,25)15-8-7-12(2)16(10-15)18(22)21(4)11-14-9-17(13(3)27-14)19(23)26-5/h7-10,20H,6,11H2,1-5H3. The van der Waals surface area contributed by atoms with Crippen molar-refractivity contribution in [1.82, 2.24) is 9.62 Å². The summed E-state index contributed by atoms with van der Waals surface area (Å²) in [6, 6.07) is 5.95. The van der Waals surface area contributed by atoms with Crippen LogP contribution in [0.25, 0.3) is 0 Å². The lowest BCUT2D eigenvalue weighted by Crippen LogP contribution is -2.28. The number of hydrogen-bond acceptors (Lipinski definition) is 6. The lowest BCUT2D eigenvalue weighted by molar-refractivity contribution is 0.0598. The Balaban J connectivity index is 2.27. The lowest BCUT2D eigenvalue weighted by Gasteiger charge is -2.18. The number of nitrogens with zero attached hydrogens (tertiary/aromatic N) is 1. The molecule has 0 aliphatic rings. The largest absolute Gasteiger partial charge is 0.465 e. The van der Waals surface area contributed by atoms with Gasteiger partial charge in [-0.25, -0.2) is 17.9 Å². The second-order valence-electron chi connectivity index (χ2n) is 6.31. The number of carbonyl (C=O) groups excluding carboxylic acids is 2. The molecule has 9 heteroatoms. The predicted molar refractivity (Wildman–Crippen MR) is 103 cm³/mol. The highest BCUT2D eigenvalue weighted by molar-refractivity contribution is 7.89. The number of esters is 1. The molecule has 28 heavy (non-hydrogen) atoms. The first-order valence-electron chi connectivity index (χ1n) is 8.64. The summed E-state index contributed by atoms with van der Waals surface area (Å²) in [6.45, 7) is 5.41. The van der Waals surface area contributed by atoms with Crippen molar-refractivity contribution < 1.29 is 27.2 Å². The highest BCUT2D eigenvalue weighted by Gasteiger charge is 2.22. The molecule has 8 nitrogen and oxygen atoms in total. The van der Waals surface area contributed by atoms with Crippen LogP contribution in [0.15, 0.2) is 33.6 Å². The van der Waals surface area contributed by atoms with Crippen LogP contribution in [0, 0.1) is 13.8 Å². The van der Waals surface area contributed by atoms with E-state index in [-0.39, 0.29) is 29.5 Å². The number of benzene rings is 1. The SMILES string of the molecule is CCNS(=O)(=O)c1ccc(C)c(C(=O)N(C)Cc2cc(C(=O)OC)c(C)o2)c1. The second kappa shape index (κ2) is 8.57. The normalized spacial score (nSPS) is 11.3. The first-order chi connectivity index (χ1) is 13.1. The van der Waals surface area contributed by atoms with Gasteiger partial charge in [0.05, 0.1) is 18.6 Å². The molecular weight excluding hydrogens is 384 g/mol. The highest BCUT2D eigenvalue weighted by atomic mass is 32.2. The number of sulfonamides is 1. The predicted octanol–water partition coefficient (Wildman–Crippen LogP) is 2.25. The first-order valence-corrected chi connectivity index (χ1v) is 10.1. The average molecular weight is 408 g/mol. The van der Waals surface area contributed by atoms with E-state index in [0.29, 0.717) is 22.6 Å². The fourth-order valence-corrected chi connectivity index (χ4v) is 3.78. The van der Waals surface area contributed by atoms with E-state index < -0.39 is 16.0 Å². The summed E-state index contributed by atoms with van der Waals surface area (Å²) < 4.78 is 37.1. The molecule has 0 atom stereocenters. The van der Waals surface area contributed by atoms with Crippen LogP contribution < -0.4 is 4.72 Å². The van der Waals surface area contributed by atoms with Crippen molar-refractivity contribution in [2.45, 2.75) is 32.2 Å². The van der Waals surface area contributed by atoms with Gasteiger partial charge in [-0.3, -0.25) is 4.79 Å². The third-order valence-electron chi connectivity index (χ3n) is 4.20. The van der Waals surface area contributed by atoms with Gasteiger partial charge in [0.25, 0.3) is 5.91 Å². The van der Waals surface area contributed by atoms with E-state index in [9.17, 15) is 18.0 Å². The number of ether oxygens (including phenoxy) is 1. The number of aryl methyl sites for hydroxylation is 2. The number of hydrogen-bond donors (Lipinski definition) is 1. The summed E-state index contributed by atoms with van der Waals surface area (Å²) in [5.74, 6) is -0.0567. The van der Waals surface area contributed by atoms with E-state index in [0.717, 1.165) is 0 Å². The molecule has 152 valence electrons. The van der Waals surface area contributed by atoms with Gasteiger partial charge in [-0.15, -0.1) is 0 Å². The van der Waals surface area contributed by atoms with Crippen LogP contribution in [-0.2, 0) is 21.3 Å². The summed E-state index contributed by atoms with van der Waals surface area (Å²) in [4.78, 5) is 26.0. The Bertz CT molecular complexity index is 994. The third-order valence-corrected chi connectivity index (χ3v) is 5.74. The summed E-state index contributed by atoms with van der Waals surface area (Å²) in [7, 11) is -0.822. The Hall–Kier alpha value is -2.65. The Morgan fingerprint density at radius 1 is 1.18 bits per heavy atom. The molecule has 1 N–H and O–H groups in total. The topological polar surface area (TPSA) is 106 Å². The lowest BCUT2D eigenvalue weighted by atomic mass is 10.1. The van der Waals surface area contributed by atoms with Crippen molar-refractivity contribution >= 4 is 21.9 Å². The molecule has 0 saturated heterocycles. The molecule has 1 amide bonds. The number of furan rings is 1. The van der Waals surface area contributed by atoms with Crippen LogP contribution in [0.4, 0.5) is 0 Å². The van der Waals surface area contributed by atoms with E-state index in [1.54, 1.807) is 33.9 Å². The molecule has 1 aromatic carbocycles. The number of carbonyl (C=O) groups is 2. The van der Waals surface area contributed by atoms with Gasteiger partial charge in [-0.05, 0) is 37.6 Å². The van der Waals surface area contributed by atoms with Gasteiger partial charge in [0, 0.05) is 19.2 Å². The van der Waals surface area contributed by atoms with Crippen LogP contribution in [-0.4, -0.2) is 45.9 Å². The number of amides is 1. The molecule has 1 heterocycles. The Morgan fingerprint density at radius 3 is 2.46 bits per heavy atom. The zero-order valence-corrected chi connectivity index (χ0v) is 17.3. The van der Waals surface area contributed by atoms with Crippen LogP contribution in [0.2, 0.25) is 0 Å². The minimum Gasteiger partial charge on any atom is -0.465 e. The van der Waals surface area contributed by atoms with Gasteiger partial charge >= 0.3 is 5.97 Å². The smallest absolute Gasteiger partial charge is 0.341 e. The van der Waals surface area contributed by atoms with Gasteiger partial charge in [-0.1, -0.05) is 13.0 Å². The second-order valence-corrected chi connectivity index (χ2v) is 8.08. The Morgan fingerprint density at radius 2 is 1.86 bits per heavy atom. The number of methoxy groups -OCH3 is 1. The molecule has 0 fully saturated rings. The van der Waals surface area contributed by atoms with Gasteiger partial charge in [0.1, 0.15) is 17.1 Å². The summed E-state index contributed by atoms with van der Waals surface area (Å²) in [5.41, 5.74) is 1.23. The summed E-state index contributed by atoms with van der Waals surface area (Å²) >= 11 is 0. The summed E-state index contributed by atoms with van der Waals surface area (Å²) in [5, 5.41) is 0. The van der Waals surface area contributed by atoms with E-state index in [2.05, 4.69) is 4.72 Å². The van der Waals surface area contributed by atoms with Crippen LogP contribution in [0.1, 0.15) is 44.7 Å². The monoisotopic (exact) mass is 408 g/mol. The minimum absolute atomic E-state index is 0.0264. The van der Waals surface area contributed by atoms with E-state index >= 15 is 0 Å². The first kappa shape index (κ1) is 21.6. The van der Waals surface area contributed by atoms with Crippen LogP contribution in [0.3, 0.4) is 0 Å². The maximum atomic E-state index is 12.9. The maximum absolute atomic E-state index is 12.9. The van der Waals surface area contributed by atoms with Crippen molar-refractivity contribution in [3.63, 3.8) is 0 Å². The van der Waals surface area contributed by atoms with Crippen molar-refractivity contribution in [3.8, 4) is 0 Å². The van der Waals surface area contributed by atoms with Crippen molar-refractivity contribution in [2.24, 2.45) is 0 Å². The molecule has 2 aromatic rings. The molecular formula is C19H24N2O6S. The molecule has 0 aliphatic carbocycles. The Labute approximate surface area is 164 Å². The van der Waals surface area contributed by atoms with Crippen molar-refractivity contribution in [1.29, 1.82) is 0 Å². The molecule has 1 aromatic heterocycles. The van der Waals surface area contributed by atoms with E-state index in [1.165, 1.54) is 30.2 Å². The Kier molecular flexibility index (Phi) is 6.63. The number of nitrogens with one attached hydrogen (secondary N) is 1. The molecule has 0 unspecified atom stereocenters. The third kappa shape index (κ3) is 4.60. The van der Waals surface area contributed by atoms with Crippen molar-refractivity contribution in [3.05, 3.63) is 52.5 Å². The maximum Gasteiger partial charge on any atom is 0.341 e. The summed E-state index contributed by atoms with van der Waals surface area (Å²) in [6.07, 6.45) is 0. The fourth-order valence-electron chi connectivity index (χ4n) is 2.72. The van der Waals surface area contributed by atoms with Crippen molar-refractivity contribution in [2.75, 3.05) is 20.7 Å². The highest BCUT2D eigenvalue weighted by Crippen LogP contribution is 2.20. The molecule has 0 radical (unpaired) electrons. The molecule has 0 aliphatic heterocycles. The van der Waals surface area contributed by atoms with Gasteiger partial charge in [0.2, 0.25) is 10.0 Å². The fraction of sp³-hybridized carbons (Fsp3) is 0.368. The zero-order chi connectivity index (χ0) is 21.1. The van der Waals surface area contributed by atoms with Gasteiger partial charge < -0.3 is 14.1 Å². The zero-order valence-electron chi connectivity index (χ0n) is 16.5. The molecule has 0 bridgehead atoms. The molecule has 0 spiro atoms. The number of rotatable bonds is 7. The van der Waals surface area contributed by atoms with Crippen LogP contribution >= 0.6 is 0 Å². The van der Waals surface area contributed by atoms with Gasteiger partial charge in [-0.2, -0.15) is 0 Å². The van der Waals surface area contributed by atoms with Crippen LogP contribution in [0.5, 0.6) is 0 Å². The van der Waals surface area contributed by atoms with E-state index in [4.69, 9.17) is 9.15 Å². The minimum atomic E-state index is -3.67. The average Bonchev–Trinajstić information content (AvgIpc) is 3.00. The quantitative estimate of drug-likeness (QED) is 0.705. The molecule has 2 rings (SSSR count). The van der Waals surface area contributed by atoms with E-state index in [1.807, 2.05) is 0 Å². The molecule has 0 saturated carbocycles.